The van der Waals surface area contributed by atoms with Crippen LogP contribution in [0.3, 0.4) is 0 Å². The van der Waals surface area contributed by atoms with Crippen molar-refractivity contribution >= 4 is 21.4 Å². The van der Waals surface area contributed by atoms with Crippen molar-refractivity contribution in [2.45, 2.75) is 32.7 Å². The molecule has 0 bridgehead atoms. The number of hydrogen-bond acceptors (Lipinski definition) is 5. The molecule has 7 heteroatoms. The van der Waals surface area contributed by atoms with Crippen molar-refractivity contribution in [3.05, 3.63) is 16.6 Å². The molecule has 5 nitrogen and oxygen atoms in total. The van der Waals surface area contributed by atoms with Gasteiger partial charge in [-0.05, 0) is 13.0 Å². The van der Waals surface area contributed by atoms with Gasteiger partial charge in [0.05, 0.1) is 17.0 Å². The van der Waals surface area contributed by atoms with Crippen molar-refractivity contribution < 1.29 is 8.42 Å². The molecule has 18 heavy (non-hydrogen) atoms. The lowest BCUT2D eigenvalue weighted by molar-refractivity contribution is 0.561. The van der Waals surface area contributed by atoms with Crippen LogP contribution >= 0.6 is 11.3 Å². The minimum absolute atomic E-state index is 0.170. The average molecular weight is 291 g/mol. The van der Waals surface area contributed by atoms with Gasteiger partial charge in [-0.1, -0.05) is 13.8 Å². The quantitative estimate of drug-likeness (QED) is 0.666. The number of aromatic nitrogens is 1. The van der Waals surface area contributed by atoms with Crippen LogP contribution in [0.25, 0.3) is 0 Å². The van der Waals surface area contributed by atoms with Gasteiger partial charge >= 0.3 is 0 Å². The first-order chi connectivity index (χ1) is 8.49. The van der Waals surface area contributed by atoms with Crippen molar-refractivity contribution in [2.24, 2.45) is 0 Å². The minimum Gasteiger partial charge on any atom is -0.314 e. The van der Waals surface area contributed by atoms with Gasteiger partial charge in [-0.2, -0.15) is 0 Å². The summed E-state index contributed by atoms with van der Waals surface area (Å²) in [5.41, 5.74) is 2.69. The van der Waals surface area contributed by atoms with Crippen molar-refractivity contribution in [3.8, 4) is 0 Å². The SMILES string of the molecule is CC(C)NCCCS(=O)(=O)NCCc1cscn1. The van der Waals surface area contributed by atoms with Crippen LogP contribution in [-0.4, -0.2) is 38.3 Å². The van der Waals surface area contributed by atoms with E-state index in [4.69, 9.17) is 0 Å². The largest absolute Gasteiger partial charge is 0.314 e. The van der Waals surface area contributed by atoms with E-state index in [0.29, 0.717) is 25.4 Å². The average Bonchev–Trinajstić information content (AvgIpc) is 2.77. The van der Waals surface area contributed by atoms with E-state index in [9.17, 15) is 8.42 Å². The Bertz CT molecular complexity index is 416. The normalized spacial score (nSPS) is 12.2. The fraction of sp³-hybridized carbons (Fsp3) is 0.727. The van der Waals surface area contributed by atoms with E-state index in [-0.39, 0.29) is 5.75 Å². The van der Waals surface area contributed by atoms with Crippen molar-refractivity contribution in [2.75, 3.05) is 18.8 Å². The summed E-state index contributed by atoms with van der Waals surface area (Å²) in [5.74, 6) is 0.170. The molecule has 0 aliphatic heterocycles. The van der Waals surface area contributed by atoms with Gasteiger partial charge in [0, 0.05) is 24.4 Å². The number of thiazole rings is 1. The molecule has 0 aromatic carbocycles. The third kappa shape index (κ3) is 7.05. The maximum atomic E-state index is 11.6. The molecule has 104 valence electrons. The first kappa shape index (κ1) is 15.6. The molecule has 0 spiro atoms. The summed E-state index contributed by atoms with van der Waals surface area (Å²) in [6.45, 7) is 5.23. The van der Waals surface area contributed by atoms with Gasteiger partial charge in [0.1, 0.15) is 0 Å². The van der Waals surface area contributed by atoms with Gasteiger partial charge in [0.2, 0.25) is 10.0 Å². The van der Waals surface area contributed by atoms with Gasteiger partial charge in [0.15, 0.2) is 0 Å². The highest BCUT2D eigenvalue weighted by Crippen LogP contribution is 2.01. The molecular weight excluding hydrogens is 270 g/mol. The van der Waals surface area contributed by atoms with E-state index in [1.807, 2.05) is 19.2 Å². The zero-order chi connectivity index (χ0) is 13.4. The number of hydrogen-bond donors (Lipinski definition) is 2. The van der Waals surface area contributed by atoms with E-state index in [1.165, 1.54) is 11.3 Å². The van der Waals surface area contributed by atoms with Gasteiger partial charge < -0.3 is 5.32 Å². The third-order valence-corrected chi connectivity index (χ3v) is 4.43. The predicted molar refractivity (Wildman–Crippen MR) is 75.4 cm³/mol. The third-order valence-electron chi connectivity index (χ3n) is 2.33. The molecule has 1 heterocycles. The Labute approximate surface area is 113 Å². The van der Waals surface area contributed by atoms with Gasteiger partial charge in [0.25, 0.3) is 0 Å². The minimum atomic E-state index is -3.15. The molecule has 1 aromatic rings. The van der Waals surface area contributed by atoms with Crippen LogP contribution in [0.1, 0.15) is 26.0 Å². The second-order valence-corrected chi connectivity index (χ2v) is 7.05. The van der Waals surface area contributed by atoms with Crippen LogP contribution in [0, 0.1) is 0 Å². The maximum absolute atomic E-state index is 11.6. The number of sulfonamides is 1. The summed E-state index contributed by atoms with van der Waals surface area (Å²) in [4.78, 5) is 4.10. The standard InChI is InChI=1S/C11H21N3O2S2/c1-10(2)12-5-3-7-18(15,16)14-6-4-11-8-17-9-13-11/h8-10,12,14H,3-7H2,1-2H3. The number of nitrogens with one attached hydrogen (secondary N) is 2. The Morgan fingerprint density at radius 3 is 2.78 bits per heavy atom. The second kappa shape index (κ2) is 7.83. The Balaban J connectivity index is 2.15. The fourth-order valence-electron chi connectivity index (χ4n) is 1.42. The molecule has 0 radical (unpaired) electrons. The molecule has 1 aromatic heterocycles. The summed E-state index contributed by atoms with van der Waals surface area (Å²) >= 11 is 1.52. The predicted octanol–water partition coefficient (Wildman–Crippen LogP) is 0.993. The summed E-state index contributed by atoms with van der Waals surface area (Å²) in [7, 11) is -3.15. The lowest BCUT2D eigenvalue weighted by atomic mass is 10.3. The number of rotatable bonds is 9. The zero-order valence-electron chi connectivity index (χ0n) is 10.8. The van der Waals surface area contributed by atoms with Crippen molar-refractivity contribution in [3.63, 3.8) is 0 Å². The van der Waals surface area contributed by atoms with Crippen LogP contribution in [0.5, 0.6) is 0 Å². The monoisotopic (exact) mass is 291 g/mol. The van der Waals surface area contributed by atoms with Gasteiger partial charge in [-0.15, -0.1) is 11.3 Å². The van der Waals surface area contributed by atoms with Crippen molar-refractivity contribution in [1.29, 1.82) is 0 Å². The molecule has 0 amide bonds. The Morgan fingerprint density at radius 1 is 1.39 bits per heavy atom. The molecule has 1 rings (SSSR count). The Hall–Kier alpha value is -0.500. The van der Waals surface area contributed by atoms with E-state index >= 15 is 0 Å². The van der Waals surface area contributed by atoms with Crippen LogP contribution in [-0.2, 0) is 16.4 Å². The van der Waals surface area contributed by atoms with Gasteiger partial charge in [-0.25, -0.2) is 18.1 Å². The molecule has 2 N–H and O–H groups in total. The summed E-state index contributed by atoms with van der Waals surface area (Å²) in [6, 6.07) is 0.394. The van der Waals surface area contributed by atoms with Crippen LogP contribution in [0.2, 0.25) is 0 Å². The van der Waals surface area contributed by atoms with Crippen molar-refractivity contribution in [1.82, 2.24) is 15.0 Å². The Kier molecular flexibility index (Phi) is 6.77. The molecule has 0 aliphatic rings. The smallest absolute Gasteiger partial charge is 0.211 e. The zero-order valence-corrected chi connectivity index (χ0v) is 12.5. The molecule has 0 aliphatic carbocycles. The molecule has 0 fully saturated rings. The highest BCUT2D eigenvalue weighted by atomic mass is 32.2. The molecule has 0 saturated carbocycles. The summed E-state index contributed by atoms with van der Waals surface area (Å²) < 4.78 is 25.9. The topological polar surface area (TPSA) is 71.1 Å². The summed E-state index contributed by atoms with van der Waals surface area (Å²) in [6.07, 6.45) is 1.27. The lowest BCUT2D eigenvalue weighted by Gasteiger charge is -2.08. The van der Waals surface area contributed by atoms with Crippen LogP contribution in [0.4, 0.5) is 0 Å². The number of nitrogens with zero attached hydrogens (tertiary/aromatic N) is 1. The highest BCUT2D eigenvalue weighted by Gasteiger charge is 2.09. The Morgan fingerprint density at radius 2 is 2.17 bits per heavy atom. The first-order valence-electron chi connectivity index (χ1n) is 6.07. The molecule has 0 atom stereocenters. The second-order valence-electron chi connectivity index (χ2n) is 4.41. The van der Waals surface area contributed by atoms with Crippen LogP contribution in [0.15, 0.2) is 10.9 Å². The highest BCUT2D eigenvalue weighted by molar-refractivity contribution is 7.89. The first-order valence-corrected chi connectivity index (χ1v) is 8.67. The lowest BCUT2D eigenvalue weighted by Crippen LogP contribution is -2.31. The van der Waals surface area contributed by atoms with E-state index < -0.39 is 10.0 Å². The molecular formula is C11H21N3O2S2. The fourth-order valence-corrected chi connectivity index (χ4v) is 3.10. The maximum Gasteiger partial charge on any atom is 0.211 e. The van der Waals surface area contributed by atoms with Crippen LogP contribution < -0.4 is 10.0 Å². The molecule has 0 unspecified atom stereocenters. The van der Waals surface area contributed by atoms with E-state index in [2.05, 4.69) is 15.0 Å². The van der Waals surface area contributed by atoms with Gasteiger partial charge in [-0.3, -0.25) is 0 Å². The summed E-state index contributed by atoms with van der Waals surface area (Å²) in [5, 5.41) is 5.13. The van der Waals surface area contributed by atoms with E-state index in [0.717, 1.165) is 12.2 Å². The van der Waals surface area contributed by atoms with E-state index in [1.54, 1.807) is 5.51 Å². The molecule has 0 saturated heterocycles.